The summed E-state index contributed by atoms with van der Waals surface area (Å²) in [6.07, 6.45) is 4.93. The Hall–Kier alpha value is -2.83. The van der Waals surface area contributed by atoms with Gasteiger partial charge in [-0.05, 0) is 25.0 Å². The first-order valence-corrected chi connectivity index (χ1v) is 8.65. The molecule has 1 aromatic carbocycles. The first-order chi connectivity index (χ1) is 12.2. The number of carbonyl (C=O) groups is 2. The fourth-order valence-corrected chi connectivity index (χ4v) is 3.63. The number of hydrogen-bond donors (Lipinski definition) is 1. The van der Waals surface area contributed by atoms with Crippen molar-refractivity contribution >= 4 is 11.9 Å². The van der Waals surface area contributed by atoms with Crippen LogP contribution in [0.3, 0.4) is 0 Å². The van der Waals surface area contributed by atoms with Crippen LogP contribution in [0.2, 0.25) is 0 Å². The van der Waals surface area contributed by atoms with Gasteiger partial charge in [-0.15, -0.1) is 0 Å². The molecule has 0 spiro atoms. The standard InChI is InChI=1S/C18H21N5O2/c24-17(16-12-19-13-23(16)14-4-2-1-3-5-14)21-9-6-15(7-10-21)22-11-8-20-18(22)25/h1-5,12-13,15H,6-11H2,(H,20,25). The van der Waals surface area contributed by atoms with E-state index in [0.717, 1.165) is 25.1 Å². The van der Waals surface area contributed by atoms with Crippen molar-refractivity contribution in [2.75, 3.05) is 26.2 Å². The number of imidazole rings is 1. The lowest BCUT2D eigenvalue weighted by Gasteiger charge is -2.36. The van der Waals surface area contributed by atoms with E-state index in [2.05, 4.69) is 10.3 Å². The summed E-state index contributed by atoms with van der Waals surface area (Å²) in [7, 11) is 0. The molecule has 2 saturated heterocycles. The maximum absolute atomic E-state index is 12.9. The maximum Gasteiger partial charge on any atom is 0.317 e. The molecule has 1 aromatic heterocycles. The minimum absolute atomic E-state index is 0.00863. The Bertz CT molecular complexity index is 765. The third-order valence-corrected chi connectivity index (χ3v) is 4.97. The highest BCUT2D eigenvalue weighted by molar-refractivity contribution is 5.93. The van der Waals surface area contributed by atoms with E-state index in [-0.39, 0.29) is 18.0 Å². The molecule has 7 nitrogen and oxygen atoms in total. The van der Waals surface area contributed by atoms with Crippen LogP contribution in [0.25, 0.3) is 5.69 Å². The van der Waals surface area contributed by atoms with Crippen molar-refractivity contribution < 1.29 is 9.59 Å². The number of hydrogen-bond acceptors (Lipinski definition) is 3. The van der Waals surface area contributed by atoms with Crippen LogP contribution in [0.5, 0.6) is 0 Å². The number of nitrogens with zero attached hydrogens (tertiary/aromatic N) is 4. The minimum atomic E-state index is -0.00863. The van der Waals surface area contributed by atoms with Gasteiger partial charge in [0.1, 0.15) is 5.69 Å². The molecule has 0 unspecified atom stereocenters. The molecule has 0 atom stereocenters. The van der Waals surface area contributed by atoms with Gasteiger partial charge < -0.3 is 15.1 Å². The Balaban J connectivity index is 1.45. The van der Waals surface area contributed by atoms with Gasteiger partial charge in [0, 0.05) is 37.9 Å². The van der Waals surface area contributed by atoms with Crippen LogP contribution in [0.1, 0.15) is 23.3 Å². The molecule has 7 heteroatoms. The van der Waals surface area contributed by atoms with E-state index < -0.39 is 0 Å². The molecule has 2 aliphatic heterocycles. The summed E-state index contributed by atoms with van der Waals surface area (Å²) >= 11 is 0. The molecule has 2 aromatic rings. The Morgan fingerprint density at radius 2 is 1.88 bits per heavy atom. The fourth-order valence-electron chi connectivity index (χ4n) is 3.63. The van der Waals surface area contributed by atoms with Crippen molar-refractivity contribution in [3.05, 3.63) is 48.5 Å². The fraction of sp³-hybridized carbons (Fsp3) is 0.389. The number of aromatic nitrogens is 2. The number of benzene rings is 1. The number of rotatable bonds is 3. The van der Waals surface area contributed by atoms with Gasteiger partial charge in [-0.3, -0.25) is 9.36 Å². The van der Waals surface area contributed by atoms with Crippen LogP contribution in [-0.4, -0.2) is 63.5 Å². The molecule has 4 rings (SSSR count). The number of para-hydroxylation sites is 1. The van der Waals surface area contributed by atoms with Gasteiger partial charge in [-0.2, -0.15) is 0 Å². The Morgan fingerprint density at radius 1 is 1.12 bits per heavy atom. The van der Waals surface area contributed by atoms with Crippen LogP contribution in [0.15, 0.2) is 42.9 Å². The van der Waals surface area contributed by atoms with Crippen LogP contribution in [0.4, 0.5) is 4.79 Å². The SMILES string of the molecule is O=C(c1cncn1-c1ccccc1)N1CCC(N2CCNC2=O)CC1. The average Bonchev–Trinajstić information content (AvgIpc) is 3.31. The number of nitrogens with one attached hydrogen (secondary N) is 1. The van der Waals surface area contributed by atoms with Gasteiger partial charge in [0.25, 0.3) is 5.91 Å². The number of likely N-dealkylation sites (tertiary alicyclic amines) is 1. The molecule has 0 saturated carbocycles. The summed E-state index contributed by atoms with van der Waals surface area (Å²) in [5, 5.41) is 2.84. The van der Waals surface area contributed by atoms with Crippen molar-refractivity contribution in [3.63, 3.8) is 0 Å². The number of amides is 3. The summed E-state index contributed by atoms with van der Waals surface area (Å²) in [6.45, 7) is 2.80. The summed E-state index contributed by atoms with van der Waals surface area (Å²) < 4.78 is 1.82. The van der Waals surface area contributed by atoms with Crippen molar-refractivity contribution in [3.8, 4) is 5.69 Å². The largest absolute Gasteiger partial charge is 0.337 e. The zero-order chi connectivity index (χ0) is 17.2. The quantitative estimate of drug-likeness (QED) is 0.921. The van der Waals surface area contributed by atoms with E-state index in [0.29, 0.717) is 25.3 Å². The third kappa shape index (κ3) is 2.97. The van der Waals surface area contributed by atoms with Gasteiger partial charge in [0.05, 0.1) is 12.5 Å². The third-order valence-electron chi connectivity index (χ3n) is 4.97. The topological polar surface area (TPSA) is 70.5 Å². The van der Waals surface area contributed by atoms with Gasteiger partial charge in [-0.1, -0.05) is 18.2 Å². The molecule has 25 heavy (non-hydrogen) atoms. The van der Waals surface area contributed by atoms with Crippen molar-refractivity contribution in [2.24, 2.45) is 0 Å². The van der Waals surface area contributed by atoms with Crippen LogP contribution < -0.4 is 5.32 Å². The monoisotopic (exact) mass is 339 g/mol. The van der Waals surface area contributed by atoms with Crippen molar-refractivity contribution in [1.82, 2.24) is 24.7 Å². The van der Waals surface area contributed by atoms with E-state index in [9.17, 15) is 9.59 Å². The molecular weight excluding hydrogens is 318 g/mol. The van der Waals surface area contributed by atoms with Gasteiger partial charge >= 0.3 is 6.03 Å². The Kier molecular flexibility index (Phi) is 4.13. The molecule has 0 bridgehead atoms. The molecule has 130 valence electrons. The molecule has 3 amide bonds. The molecule has 0 radical (unpaired) electrons. The molecule has 2 fully saturated rings. The Labute approximate surface area is 146 Å². The van der Waals surface area contributed by atoms with Crippen LogP contribution >= 0.6 is 0 Å². The second kappa shape index (κ2) is 6.58. The van der Waals surface area contributed by atoms with Crippen LogP contribution in [-0.2, 0) is 0 Å². The minimum Gasteiger partial charge on any atom is -0.337 e. The highest BCUT2D eigenvalue weighted by Gasteiger charge is 2.32. The van der Waals surface area contributed by atoms with Crippen molar-refractivity contribution in [1.29, 1.82) is 0 Å². The van der Waals surface area contributed by atoms with Crippen molar-refractivity contribution in [2.45, 2.75) is 18.9 Å². The maximum atomic E-state index is 12.9. The lowest BCUT2D eigenvalue weighted by molar-refractivity contribution is 0.0658. The summed E-state index contributed by atoms with van der Waals surface area (Å²) in [5.41, 5.74) is 1.50. The van der Waals surface area contributed by atoms with Gasteiger partial charge in [0.15, 0.2) is 0 Å². The Morgan fingerprint density at radius 3 is 2.56 bits per heavy atom. The summed E-state index contributed by atoms with van der Waals surface area (Å²) in [4.78, 5) is 32.6. The average molecular weight is 339 g/mol. The normalized spacial score (nSPS) is 18.5. The molecule has 0 aliphatic carbocycles. The lowest BCUT2D eigenvalue weighted by Crippen LogP contribution is -2.48. The molecule has 3 heterocycles. The van der Waals surface area contributed by atoms with E-state index in [1.165, 1.54) is 0 Å². The number of piperidine rings is 1. The first-order valence-electron chi connectivity index (χ1n) is 8.65. The van der Waals surface area contributed by atoms with Crippen LogP contribution in [0, 0.1) is 0 Å². The molecule has 2 aliphatic rings. The number of carbonyl (C=O) groups excluding carboxylic acids is 2. The first kappa shape index (κ1) is 15.7. The molecular formula is C18H21N5O2. The summed E-state index contributed by atoms with van der Waals surface area (Å²) in [5.74, 6) is -0.00863. The van der Waals surface area contributed by atoms with Gasteiger partial charge in [-0.25, -0.2) is 9.78 Å². The highest BCUT2D eigenvalue weighted by atomic mass is 16.2. The summed E-state index contributed by atoms with van der Waals surface area (Å²) in [6, 6.07) is 9.98. The smallest absolute Gasteiger partial charge is 0.317 e. The second-order valence-corrected chi connectivity index (χ2v) is 6.43. The van der Waals surface area contributed by atoms with E-state index in [1.807, 2.05) is 44.7 Å². The number of urea groups is 1. The highest BCUT2D eigenvalue weighted by Crippen LogP contribution is 2.21. The predicted molar refractivity (Wildman–Crippen MR) is 92.6 cm³/mol. The van der Waals surface area contributed by atoms with Gasteiger partial charge in [0.2, 0.25) is 0 Å². The second-order valence-electron chi connectivity index (χ2n) is 6.43. The zero-order valence-corrected chi connectivity index (χ0v) is 14.0. The molecule has 1 N–H and O–H groups in total. The van der Waals surface area contributed by atoms with E-state index in [4.69, 9.17) is 0 Å². The van der Waals surface area contributed by atoms with E-state index in [1.54, 1.807) is 12.5 Å². The predicted octanol–water partition coefficient (Wildman–Crippen LogP) is 1.50. The van der Waals surface area contributed by atoms with E-state index >= 15 is 0 Å². The lowest BCUT2D eigenvalue weighted by atomic mass is 10.0. The zero-order valence-electron chi connectivity index (χ0n) is 14.0.